The van der Waals surface area contributed by atoms with Crippen molar-refractivity contribution in [1.29, 1.82) is 5.26 Å². The number of alkyl halides is 3. The van der Waals surface area contributed by atoms with Gasteiger partial charge < -0.3 is 5.32 Å². The van der Waals surface area contributed by atoms with Crippen LogP contribution >= 0.6 is 0 Å². The fraction of sp³-hybridized carbons (Fsp3) is 0.200. The summed E-state index contributed by atoms with van der Waals surface area (Å²) in [6.45, 7) is 0.477. The lowest BCUT2D eigenvalue weighted by atomic mass is 10.1. The summed E-state index contributed by atoms with van der Waals surface area (Å²) in [4.78, 5) is 15.9. The highest BCUT2D eigenvalue weighted by Gasteiger charge is 2.33. The van der Waals surface area contributed by atoms with Crippen LogP contribution in [0, 0.1) is 17.1 Å². The zero-order chi connectivity index (χ0) is 21.5. The maximum atomic E-state index is 13.5. The molecule has 3 aromatic rings. The molecule has 0 saturated heterocycles. The first kappa shape index (κ1) is 19.6. The number of halogens is 4. The second-order valence-corrected chi connectivity index (χ2v) is 6.73. The topological polar surface area (TPSA) is 83.6 Å². The number of aryl methyl sites for hydroxylation is 1. The zero-order valence-corrected chi connectivity index (χ0v) is 15.2. The first-order valence-electron chi connectivity index (χ1n) is 8.88. The van der Waals surface area contributed by atoms with Crippen LogP contribution in [0.1, 0.15) is 39.8 Å². The molecule has 10 heteroatoms. The Kier molecular flexibility index (Phi) is 4.73. The lowest BCUT2D eigenvalue weighted by molar-refractivity contribution is -0.141. The van der Waals surface area contributed by atoms with Crippen LogP contribution in [-0.2, 0) is 12.7 Å². The highest BCUT2D eigenvalue weighted by atomic mass is 19.4. The summed E-state index contributed by atoms with van der Waals surface area (Å²) in [6, 6.07) is 8.73. The predicted molar refractivity (Wildman–Crippen MR) is 96.4 cm³/mol. The number of nitrogens with one attached hydrogen (secondary N) is 1. The Balaban J connectivity index is 1.57. The third-order valence-electron chi connectivity index (χ3n) is 4.80. The van der Waals surface area contributed by atoms with Crippen molar-refractivity contribution in [3.63, 3.8) is 0 Å². The summed E-state index contributed by atoms with van der Waals surface area (Å²) in [5.41, 5.74) is 0.135. The number of carbonyl (C=O) groups is 1. The second-order valence-electron chi connectivity index (χ2n) is 6.73. The van der Waals surface area contributed by atoms with Crippen molar-refractivity contribution in [3.8, 4) is 17.3 Å². The summed E-state index contributed by atoms with van der Waals surface area (Å²) in [7, 11) is 0. The standard InChI is InChI=1S/C20H13F4N5O/c21-14-2-1-12(7-13(14)10-25)19(30)27-15-4-6-29-17(15)9-16(28-29)11-3-5-26-18(8-11)20(22,23)24/h1-3,5,7-9,15H,4,6H2,(H,27,30)/t15-/m0/s1. The maximum Gasteiger partial charge on any atom is 0.433 e. The highest BCUT2D eigenvalue weighted by Crippen LogP contribution is 2.33. The van der Waals surface area contributed by atoms with Crippen molar-refractivity contribution in [2.24, 2.45) is 0 Å². The van der Waals surface area contributed by atoms with E-state index in [4.69, 9.17) is 5.26 Å². The van der Waals surface area contributed by atoms with E-state index in [1.165, 1.54) is 12.1 Å². The van der Waals surface area contributed by atoms with E-state index in [2.05, 4.69) is 15.4 Å². The molecule has 0 spiro atoms. The van der Waals surface area contributed by atoms with Gasteiger partial charge in [-0.3, -0.25) is 14.5 Å². The third-order valence-corrected chi connectivity index (χ3v) is 4.80. The van der Waals surface area contributed by atoms with Crippen LogP contribution in [0.25, 0.3) is 11.3 Å². The van der Waals surface area contributed by atoms with Gasteiger partial charge in [-0.2, -0.15) is 23.5 Å². The van der Waals surface area contributed by atoms with Crippen molar-refractivity contribution in [1.82, 2.24) is 20.1 Å². The monoisotopic (exact) mass is 415 g/mol. The number of pyridine rings is 1. The van der Waals surface area contributed by atoms with Gasteiger partial charge >= 0.3 is 6.18 Å². The van der Waals surface area contributed by atoms with Crippen LogP contribution in [-0.4, -0.2) is 20.7 Å². The molecule has 30 heavy (non-hydrogen) atoms. The van der Waals surface area contributed by atoms with Crippen molar-refractivity contribution in [3.05, 3.63) is 70.9 Å². The van der Waals surface area contributed by atoms with Crippen LogP contribution < -0.4 is 5.32 Å². The molecular formula is C20H13F4N5O. The van der Waals surface area contributed by atoms with Crippen LogP contribution in [0.2, 0.25) is 0 Å². The van der Waals surface area contributed by atoms with Crippen molar-refractivity contribution in [2.75, 3.05) is 0 Å². The molecule has 0 fully saturated rings. The summed E-state index contributed by atoms with van der Waals surface area (Å²) >= 11 is 0. The average Bonchev–Trinajstić information content (AvgIpc) is 3.30. The number of rotatable bonds is 3. The number of carbonyl (C=O) groups excluding carboxylic acids is 1. The SMILES string of the molecule is N#Cc1cc(C(=O)N[C@H]2CCn3nc(-c4ccnc(C(F)(F)F)c4)cc32)ccc1F. The largest absolute Gasteiger partial charge is 0.433 e. The van der Waals surface area contributed by atoms with E-state index in [-0.39, 0.29) is 16.7 Å². The van der Waals surface area contributed by atoms with Gasteiger partial charge in [0.15, 0.2) is 0 Å². The summed E-state index contributed by atoms with van der Waals surface area (Å²) < 4.78 is 53.8. The highest BCUT2D eigenvalue weighted by molar-refractivity contribution is 5.94. The van der Waals surface area contributed by atoms with E-state index >= 15 is 0 Å². The quantitative estimate of drug-likeness (QED) is 0.659. The molecular weight excluding hydrogens is 402 g/mol. The number of aromatic nitrogens is 3. The fourth-order valence-corrected chi connectivity index (χ4v) is 3.32. The minimum Gasteiger partial charge on any atom is -0.344 e. The molecule has 1 aromatic carbocycles. The van der Waals surface area contributed by atoms with Crippen LogP contribution in [0.15, 0.2) is 42.6 Å². The Bertz CT molecular complexity index is 1180. The molecule has 1 N–H and O–H groups in total. The fourth-order valence-electron chi connectivity index (χ4n) is 3.32. The van der Waals surface area contributed by atoms with Crippen molar-refractivity contribution >= 4 is 5.91 Å². The van der Waals surface area contributed by atoms with Gasteiger partial charge in [0, 0.05) is 23.9 Å². The normalized spacial score (nSPS) is 15.5. The van der Waals surface area contributed by atoms with Gasteiger partial charge in [0.25, 0.3) is 5.91 Å². The van der Waals surface area contributed by atoms with Gasteiger partial charge in [-0.05, 0) is 42.8 Å². The van der Waals surface area contributed by atoms with Crippen LogP contribution in [0.5, 0.6) is 0 Å². The maximum absolute atomic E-state index is 13.5. The molecule has 0 bridgehead atoms. The summed E-state index contributed by atoms with van der Waals surface area (Å²) in [6.07, 6.45) is -2.94. The van der Waals surface area contributed by atoms with Gasteiger partial charge in [0.05, 0.1) is 23.0 Å². The van der Waals surface area contributed by atoms with E-state index in [0.29, 0.717) is 24.4 Å². The Morgan fingerprint density at radius 1 is 1.23 bits per heavy atom. The lowest BCUT2D eigenvalue weighted by Gasteiger charge is -2.12. The molecule has 1 atom stereocenters. The Labute approximate surface area is 167 Å². The smallest absolute Gasteiger partial charge is 0.344 e. The summed E-state index contributed by atoms with van der Waals surface area (Å²) in [5, 5.41) is 16.0. The number of hydrogen-bond donors (Lipinski definition) is 1. The van der Waals surface area contributed by atoms with Gasteiger partial charge in [0.1, 0.15) is 17.6 Å². The predicted octanol–water partition coefficient (Wildman–Crippen LogP) is 3.85. The third kappa shape index (κ3) is 3.61. The Hall–Kier alpha value is -3.74. The number of benzene rings is 1. The number of nitriles is 1. The van der Waals surface area contributed by atoms with E-state index in [9.17, 15) is 22.4 Å². The number of fused-ring (bicyclic) bond motifs is 1. The van der Waals surface area contributed by atoms with Crippen LogP contribution in [0.4, 0.5) is 17.6 Å². The molecule has 4 rings (SSSR count). The molecule has 3 heterocycles. The Morgan fingerprint density at radius 3 is 2.77 bits per heavy atom. The average molecular weight is 415 g/mol. The molecule has 0 aliphatic carbocycles. The first-order valence-corrected chi connectivity index (χ1v) is 8.88. The lowest BCUT2D eigenvalue weighted by Crippen LogP contribution is -2.27. The van der Waals surface area contributed by atoms with Gasteiger partial charge in [-0.1, -0.05) is 0 Å². The van der Waals surface area contributed by atoms with Crippen molar-refractivity contribution in [2.45, 2.75) is 25.2 Å². The van der Waals surface area contributed by atoms with E-state index in [0.717, 1.165) is 24.4 Å². The Morgan fingerprint density at radius 2 is 2.03 bits per heavy atom. The molecule has 0 radical (unpaired) electrons. The minimum absolute atomic E-state index is 0.134. The van der Waals surface area contributed by atoms with E-state index < -0.39 is 29.6 Å². The molecule has 6 nitrogen and oxygen atoms in total. The molecule has 1 aliphatic rings. The first-order chi connectivity index (χ1) is 14.3. The molecule has 1 amide bonds. The van der Waals surface area contributed by atoms with E-state index in [1.807, 2.05) is 0 Å². The zero-order valence-electron chi connectivity index (χ0n) is 15.2. The number of amides is 1. The molecule has 2 aromatic heterocycles. The minimum atomic E-state index is -4.56. The van der Waals surface area contributed by atoms with Gasteiger partial charge in [-0.15, -0.1) is 0 Å². The second kappa shape index (κ2) is 7.26. The summed E-state index contributed by atoms with van der Waals surface area (Å²) in [5.74, 6) is -1.20. The molecule has 1 aliphatic heterocycles. The van der Waals surface area contributed by atoms with E-state index in [1.54, 1.807) is 16.8 Å². The molecule has 0 saturated carbocycles. The number of nitrogens with zero attached hydrogens (tertiary/aromatic N) is 4. The number of hydrogen-bond acceptors (Lipinski definition) is 4. The van der Waals surface area contributed by atoms with Crippen LogP contribution in [0.3, 0.4) is 0 Å². The van der Waals surface area contributed by atoms with Gasteiger partial charge in [0.2, 0.25) is 0 Å². The van der Waals surface area contributed by atoms with Gasteiger partial charge in [-0.25, -0.2) is 4.39 Å². The molecule has 0 unspecified atom stereocenters. The van der Waals surface area contributed by atoms with Crippen molar-refractivity contribution < 1.29 is 22.4 Å². The molecule has 152 valence electrons.